The lowest BCUT2D eigenvalue weighted by molar-refractivity contribution is -0.384. The van der Waals surface area contributed by atoms with Gasteiger partial charge in [-0.15, -0.1) is 0 Å². The Hall–Kier alpha value is -3.03. The van der Waals surface area contributed by atoms with Crippen LogP contribution in [0, 0.1) is 10.1 Å². The predicted molar refractivity (Wildman–Crippen MR) is 66.1 cm³/mol. The van der Waals surface area contributed by atoms with Gasteiger partial charge in [0.25, 0.3) is 11.2 Å². The molecule has 0 fully saturated rings. The van der Waals surface area contributed by atoms with E-state index in [0.717, 1.165) is 0 Å². The summed E-state index contributed by atoms with van der Waals surface area (Å²) in [6.45, 7) is 0. The van der Waals surface area contributed by atoms with E-state index in [1.165, 1.54) is 23.3 Å². The van der Waals surface area contributed by atoms with E-state index in [9.17, 15) is 14.9 Å². The van der Waals surface area contributed by atoms with Crippen LogP contribution in [0.15, 0.2) is 41.7 Å². The van der Waals surface area contributed by atoms with Gasteiger partial charge in [-0.05, 0) is 6.07 Å². The van der Waals surface area contributed by atoms with Crippen molar-refractivity contribution in [3.63, 3.8) is 0 Å². The largest absolute Gasteiger partial charge is 0.311 e. The summed E-state index contributed by atoms with van der Waals surface area (Å²) in [6.07, 6.45) is 2.58. The van der Waals surface area contributed by atoms with Crippen molar-refractivity contribution in [1.29, 1.82) is 0 Å². The van der Waals surface area contributed by atoms with Gasteiger partial charge in [-0.3, -0.25) is 19.5 Å². The van der Waals surface area contributed by atoms with E-state index in [1.54, 1.807) is 18.2 Å². The Balaban J connectivity index is 2.38. The number of nitrogens with one attached hydrogen (secondary N) is 1. The average Bonchev–Trinajstić information content (AvgIpc) is 2.84. The molecular formula is C11H7N5O3. The van der Waals surface area contributed by atoms with E-state index >= 15 is 0 Å². The maximum Gasteiger partial charge on any atom is 0.293 e. The molecule has 0 saturated carbocycles. The van der Waals surface area contributed by atoms with E-state index in [4.69, 9.17) is 0 Å². The van der Waals surface area contributed by atoms with Crippen LogP contribution >= 0.6 is 0 Å². The number of nitrogens with zero attached hydrogens (tertiary/aromatic N) is 4. The van der Waals surface area contributed by atoms with Crippen molar-refractivity contribution in [2.75, 3.05) is 0 Å². The number of benzene rings is 1. The van der Waals surface area contributed by atoms with Crippen LogP contribution in [0.3, 0.4) is 0 Å². The molecule has 0 saturated heterocycles. The number of imidazole rings is 1. The molecule has 2 heterocycles. The van der Waals surface area contributed by atoms with Crippen LogP contribution in [0.4, 0.5) is 5.69 Å². The molecule has 19 heavy (non-hydrogen) atoms. The van der Waals surface area contributed by atoms with Gasteiger partial charge in [0.1, 0.15) is 12.0 Å². The summed E-state index contributed by atoms with van der Waals surface area (Å²) in [4.78, 5) is 32.6. The number of hydrogen-bond donors (Lipinski definition) is 1. The molecule has 3 aromatic rings. The fourth-order valence-electron chi connectivity index (χ4n) is 1.87. The van der Waals surface area contributed by atoms with Gasteiger partial charge in [0.15, 0.2) is 11.2 Å². The molecule has 8 heteroatoms. The van der Waals surface area contributed by atoms with Crippen molar-refractivity contribution in [3.8, 4) is 5.69 Å². The number of aromatic nitrogens is 4. The summed E-state index contributed by atoms with van der Waals surface area (Å²) in [5.74, 6) is 0. The molecule has 0 spiro atoms. The van der Waals surface area contributed by atoms with Crippen LogP contribution in [0.5, 0.6) is 0 Å². The van der Waals surface area contributed by atoms with Crippen LogP contribution in [0.25, 0.3) is 16.9 Å². The molecule has 0 amide bonds. The Morgan fingerprint density at radius 2 is 2.05 bits per heavy atom. The summed E-state index contributed by atoms with van der Waals surface area (Å²) in [7, 11) is 0. The first-order chi connectivity index (χ1) is 9.18. The Morgan fingerprint density at radius 3 is 2.84 bits per heavy atom. The Labute approximate surface area is 105 Å². The lowest BCUT2D eigenvalue weighted by atomic mass is 10.2. The number of fused-ring (bicyclic) bond motifs is 1. The highest BCUT2D eigenvalue weighted by molar-refractivity contribution is 5.73. The normalized spacial score (nSPS) is 10.7. The lowest BCUT2D eigenvalue weighted by Crippen LogP contribution is -2.10. The molecule has 0 bridgehead atoms. The van der Waals surface area contributed by atoms with Crippen molar-refractivity contribution in [3.05, 3.63) is 57.4 Å². The summed E-state index contributed by atoms with van der Waals surface area (Å²) in [5.41, 5.74) is 0.179. The minimum Gasteiger partial charge on any atom is -0.311 e. The van der Waals surface area contributed by atoms with E-state index in [2.05, 4.69) is 15.0 Å². The first-order valence-electron chi connectivity index (χ1n) is 5.33. The number of para-hydroxylation sites is 2. The molecule has 0 atom stereocenters. The summed E-state index contributed by atoms with van der Waals surface area (Å²) in [5, 5.41) is 11.0. The lowest BCUT2D eigenvalue weighted by Gasteiger charge is -2.03. The molecule has 2 aromatic heterocycles. The zero-order valence-corrected chi connectivity index (χ0v) is 9.48. The maximum atomic E-state index is 11.8. The highest BCUT2D eigenvalue weighted by atomic mass is 16.6. The third-order valence-electron chi connectivity index (χ3n) is 2.68. The van der Waals surface area contributed by atoms with Gasteiger partial charge in [0.2, 0.25) is 0 Å². The highest BCUT2D eigenvalue weighted by Crippen LogP contribution is 2.23. The first kappa shape index (κ1) is 11.1. The number of rotatable bonds is 2. The third kappa shape index (κ3) is 1.66. The minimum atomic E-state index is -0.508. The quantitative estimate of drug-likeness (QED) is 0.544. The van der Waals surface area contributed by atoms with Gasteiger partial charge in [-0.25, -0.2) is 9.97 Å². The zero-order chi connectivity index (χ0) is 13.4. The minimum absolute atomic E-state index is 0.106. The molecule has 8 nitrogen and oxygen atoms in total. The molecule has 0 aliphatic heterocycles. The third-order valence-corrected chi connectivity index (χ3v) is 2.68. The summed E-state index contributed by atoms with van der Waals surface area (Å²) in [6, 6.07) is 6.12. The summed E-state index contributed by atoms with van der Waals surface area (Å²) >= 11 is 0. The fourth-order valence-corrected chi connectivity index (χ4v) is 1.87. The number of H-pyrrole nitrogens is 1. The first-order valence-corrected chi connectivity index (χ1v) is 5.33. The number of nitro benzene ring substituents is 1. The standard InChI is InChI=1S/C11H7N5O3/c17-11-9-10(12-5-13-11)14-6-15(9)7-3-1-2-4-8(7)16(18)19/h1-6H,(H,12,13,17). The maximum absolute atomic E-state index is 11.8. The van der Waals surface area contributed by atoms with Crippen LogP contribution in [0.1, 0.15) is 0 Å². The van der Waals surface area contributed by atoms with Gasteiger partial charge < -0.3 is 4.98 Å². The fraction of sp³-hybridized carbons (Fsp3) is 0. The Kier molecular flexibility index (Phi) is 2.34. The Bertz CT molecular complexity index is 835. The zero-order valence-electron chi connectivity index (χ0n) is 9.48. The average molecular weight is 257 g/mol. The molecule has 0 aliphatic rings. The van der Waals surface area contributed by atoms with Crippen molar-refractivity contribution in [2.45, 2.75) is 0 Å². The van der Waals surface area contributed by atoms with Gasteiger partial charge >= 0.3 is 0 Å². The van der Waals surface area contributed by atoms with Gasteiger partial charge in [0, 0.05) is 6.07 Å². The molecule has 1 aromatic carbocycles. The van der Waals surface area contributed by atoms with Crippen molar-refractivity contribution >= 4 is 16.9 Å². The summed E-state index contributed by atoms with van der Waals surface area (Å²) < 4.78 is 1.36. The SMILES string of the molecule is O=c1[nH]cnc2ncn(-c3ccccc3[N+](=O)[O-])c12. The number of aromatic amines is 1. The van der Waals surface area contributed by atoms with Crippen LogP contribution < -0.4 is 5.56 Å². The molecule has 0 unspecified atom stereocenters. The second-order valence-electron chi connectivity index (χ2n) is 3.76. The molecule has 1 N–H and O–H groups in total. The molecule has 3 rings (SSSR count). The van der Waals surface area contributed by atoms with Gasteiger partial charge in [-0.1, -0.05) is 12.1 Å². The molecule has 0 radical (unpaired) electrons. The molecule has 94 valence electrons. The van der Waals surface area contributed by atoms with Crippen molar-refractivity contribution in [1.82, 2.24) is 19.5 Å². The monoisotopic (exact) mass is 257 g/mol. The van der Waals surface area contributed by atoms with Crippen LogP contribution in [0.2, 0.25) is 0 Å². The van der Waals surface area contributed by atoms with Crippen molar-refractivity contribution in [2.24, 2.45) is 0 Å². The smallest absolute Gasteiger partial charge is 0.293 e. The number of nitro groups is 1. The van der Waals surface area contributed by atoms with Crippen LogP contribution in [-0.2, 0) is 0 Å². The van der Waals surface area contributed by atoms with E-state index in [0.29, 0.717) is 0 Å². The molecule has 0 aliphatic carbocycles. The number of hydrogen-bond acceptors (Lipinski definition) is 5. The predicted octanol–water partition coefficient (Wildman–Crippen LogP) is 1.02. The Morgan fingerprint density at radius 1 is 1.26 bits per heavy atom. The van der Waals surface area contributed by atoms with E-state index in [1.807, 2.05) is 0 Å². The van der Waals surface area contributed by atoms with Gasteiger partial charge in [-0.2, -0.15) is 0 Å². The van der Waals surface area contributed by atoms with Gasteiger partial charge in [0.05, 0.1) is 11.3 Å². The highest BCUT2D eigenvalue weighted by Gasteiger charge is 2.17. The van der Waals surface area contributed by atoms with E-state index in [-0.39, 0.29) is 22.5 Å². The van der Waals surface area contributed by atoms with E-state index < -0.39 is 10.5 Å². The second-order valence-corrected chi connectivity index (χ2v) is 3.76. The topological polar surface area (TPSA) is 107 Å². The van der Waals surface area contributed by atoms with Crippen molar-refractivity contribution < 1.29 is 4.92 Å². The second kappa shape index (κ2) is 4.02. The van der Waals surface area contributed by atoms with Crippen LogP contribution in [-0.4, -0.2) is 24.4 Å². The molecular weight excluding hydrogens is 250 g/mol.